The highest BCUT2D eigenvalue weighted by atomic mass is 32.2. The average Bonchev–Trinajstić information content (AvgIpc) is 2.60. The summed E-state index contributed by atoms with van der Waals surface area (Å²) in [5.41, 5.74) is 1.05. The number of sulfonamides is 1. The van der Waals surface area contributed by atoms with Crippen LogP contribution in [-0.4, -0.2) is 58.7 Å². The summed E-state index contributed by atoms with van der Waals surface area (Å²) in [5.74, 6) is 0.899. The Labute approximate surface area is 150 Å². The van der Waals surface area contributed by atoms with Crippen molar-refractivity contribution < 1.29 is 13.2 Å². The Kier molecular flexibility index (Phi) is 7.22. The van der Waals surface area contributed by atoms with Gasteiger partial charge in [0.1, 0.15) is 0 Å². The summed E-state index contributed by atoms with van der Waals surface area (Å²) in [6.07, 6.45) is 3.17. The number of aliphatic imine (C=N–C) groups is 1. The van der Waals surface area contributed by atoms with Gasteiger partial charge in [-0.1, -0.05) is 12.1 Å². The lowest BCUT2D eigenvalue weighted by atomic mass is 10.1. The lowest BCUT2D eigenvalue weighted by Crippen LogP contribution is -2.47. The first-order valence-corrected chi connectivity index (χ1v) is 10.2. The Morgan fingerprint density at radius 2 is 1.96 bits per heavy atom. The van der Waals surface area contributed by atoms with E-state index in [2.05, 4.69) is 15.2 Å². The zero-order valence-corrected chi connectivity index (χ0v) is 15.8. The number of guanidine groups is 1. The number of nitrogens with zero attached hydrogens (tertiary/aromatic N) is 2. The number of benzene rings is 1. The van der Waals surface area contributed by atoms with Gasteiger partial charge in [0.2, 0.25) is 10.0 Å². The monoisotopic (exact) mass is 368 g/mol. The number of hydrogen-bond acceptors (Lipinski definition) is 4. The summed E-state index contributed by atoms with van der Waals surface area (Å²) in [4.78, 5) is 6.74. The maximum atomic E-state index is 11.3. The van der Waals surface area contributed by atoms with Crippen LogP contribution in [0.1, 0.15) is 25.3 Å². The fourth-order valence-electron chi connectivity index (χ4n) is 2.97. The number of rotatable bonds is 6. The normalized spacial score (nSPS) is 16.9. The molecule has 1 aliphatic heterocycles. The number of primary sulfonamides is 1. The van der Waals surface area contributed by atoms with E-state index in [1.54, 1.807) is 19.2 Å². The van der Waals surface area contributed by atoms with Crippen molar-refractivity contribution in [1.29, 1.82) is 0 Å². The van der Waals surface area contributed by atoms with E-state index in [4.69, 9.17) is 9.88 Å². The van der Waals surface area contributed by atoms with Gasteiger partial charge in [0.15, 0.2) is 5.96 Å². The number of nitrogens with one attached hydrogen (secondary N) is 1. The molecular formula is C17H28N4O3S. The predicted octanol–water partition coefficient (Wildman–Crippen LogP) is 0.953. The molecular weight excluding hydrogens is 340 g/mol. The van der Waals surface area contributed by atoms with Crippen molar-refractivity contribution in [1.82, 2.24) is 10.2 Å². The molecule has 8 heteroatoms. The van der Waals surface area contributed by atoms with Gasteiger partial charge in [0.05, 0.1) is 11.0 Å². The van der Waals surface area contributed by atoms with E-state index in [9.17, 15) is 8.42 Å². The van der Waals surface area contributed by atoms with E-state index in [1.807, 2.05) is 6.92 Å². The molecule has 0 amide bonds. The second-order valence-electron chi connectivity index (χ2n) is 6.05. The SMILES string of the molecule is CCOC1CCN(C(=NC)NCCc2ccc(S(N)(=O)=O)cc2)CC1. The Morgan fingerprint density at radius 3 is 2.48 bits per heavy atom. The third-order valence-electron chi connectivity index (χ3n) is 4.30. The Balaban J connectivity index is 1.80. The van der Waals surface area contributed by atoms with Gasteiger partial charge in [0.25, 0.3) is 0 Å². The zero-order valence-electron chi connectivity index (χ0n) is 14.9. The van der Waals surface area contributed by atoms with Crippen LogP contribution in [0.3, 0.4) is 0 Å². The number of ether oxygens (including phenoxy) is 1. The Hall–Kier alpha value is -1.64. The molecule has 1 aromatic rings. The van der Waals surface area contributed by atoms with Gasteiger partial charge >= 0.3 is 0 Å². The molecule has 0 bridgehead atoms. The van der Waals surface area contributed by atoms with E-state index >= 15 is 0 Å². The van der Waals surface area contributed by atoms with Gasteiger partial charge in [0, 0.05) is 33.3 Å². The summed E-state index contributed by atoms with van der Waals surface area (Å²) in [5, 5.41) is 8.48. The third-order valence-corrected chi connectivity index (χ3v) is 5.23. The lowest BCUT2D eigenvalue weighted by Gasteiger charge is -2.34. The van der Waals surface area contributed by atoms with Crippen molar-refractivity contribution >= 4 is 16.0 Å². The minimum Gasteiger partial charge on any atom is -0.378 e. The molecule has 0 saturated carbocycles. The summed E-state index contributed by atoms with van der Waals surface area (Å²) in [6, 6.07) is 6.66. The first-order valence-electron chi connectivity index (χ1n) is 8.63. The van der Waals surface area contributed by atoms with Gasteiger partial charge in [-0.3, -0.25) is 4.99 Å². The second kappa shape index (κ2) is 9.17. The zero-order chi connectivity index (χ0) is 18.3. The molecule has 0 atom stereocenters. The van der Waals surface area contributed by atoms with Crippen molar-refractivity contribution in [2.45, 2.75) is 37.2 Å². The van der Waals surface area contributed by atoms with Crippen LogP contribution in [0.5, 0.6) is 0 Å². The predicted molar refractivity (Wildman–Crippen MR) is 99.1 cm³/mol. The maximum Gasteiger partial charge on any atom is 0.238 e. The fraction of sp³-hybridized carbons (Fsp3) is 0.588. The molecule has 0 aliphatic carbocycles. The molecule has 140 valence electrons. The van der Waals surface area contributed by atoms with Gasteiger partial charge < -0.3 is 15.0 Å². The maximum absolute atomic E-state index is 11.3. The summed E-state index contributed by atoms with van der Waals surface area (Å²) < 4.78 is 28.2. The molecule has 0 unspecified atom stereocenters. The number of nitrogens with two attached hydrogens (primary N) is 1. The van der Waals surface area contributed by atoms with Crippen molar-refractivity contribution in [2.24, 2.45) is 10.1 Å². The van der Waals surface area contributed by atoms with Crippen LogP contribution in [0.25, 0.3) is 0 Å². The van der Waals surface area contributed by atoms with Crippen molar-refractivity contribution in [3.63, 3.8) is 0 Å². The molecule has 1 aliphatic rings. The van der Waals surface area contributed by atoms with E-state index in [-0.39, 0.29) is 4.90 Å². The molecule has 0 radical (unpaired) electrons. The molecule has 2 rings (SSSR count). The number of hydrogen-bond donors (Lipinski definition) is 2. The van der Waals surface area contributed by atoms with Crippen LogP contribution in [-0.2, 0) is 21.2 Å². The van der Waals surface area contributed by atoms with Crippen LogP contribution in [0.2, 0.25) is 0 Å². The third kappa shape index (κ3) is 5.98. The largest absolute Gasteiger partial charge is 0.378 e. The van der Waals surface area contributed by atoms with Gasteiger partial charge in [-0.05, 0) is 43.9 Å². The molecule has 1 fully saturated rings. The molecule has 7 nitrogen and oxygen atoms in total. The molecule has 1 saturated heterocycles. The average molecular weight is 369 g/mol. The molecule has 1 aromatic carbocycles. The van der Waals surface area contributed by atoms with E-state index in [0.29, 0.717) is 6.10 Å². The molecule has 25 heavy (non-hydrogen) atoms. The molecule has 0 aromatic heterocycles. The number of piperidine rings is 1. The van der Waals surface area contributed by atoms with Crippen LogP contribution in [0, 0.1) is 0 Å². The van der Waals surface area contributed by atoms with Crippen LogP contribution < -0.4 is 10.5 Å². The second-order valence-corrected chi connectivity index (χ2v) is 7.62. The van der Waals surface area contributed by atoms with E-state index < -0.39 is 10.0 Å². The van der Waals surface area contributed by atoms with Gasteiger partial charge in [-0.15, -0.1) is 0 Å². The molecule has 1 heterocycles. The van der Waals surface area contributed by atoms with E-state index in [1.165, 1.54) is 12.1 Å². The minimum absolute atomic E-state index is 0.136. The number of likely N-dealkylation sites (tertiary alicyclic amines) is 1. The van der Waals surface area contributed by atoms with Crippen LogP contribution in [0.4, 0.5) is 0 Å². The van der Waals surface area contributed by atoms with Gasteiger partial charge in [-0.25, -0.2) is 13.6 Å². The highest BCUT2D eigenvalue weighted by Gasteiger charge is 2.21. The Morgan fingerprint density at radius 1 is 1.32 bits per heavy atom. The summed E-state index contributed by atoms with van der Waals surface area (Å²) in [7, 11) is -1.84. The first kappa shape index (κ1) is 19.7. The van der Waals surface area contributed by atoms with Crippen LogP contribution >= 0.6 is 0 Å². The highest BCUT2D eigenvalue weighted by Crippen LogP contribution is 2.14. The lowest BCUT2D eigenvalue weighted by molar-refractivity contribution is 0.0264. The quantitative estimate of drug-likeness (QED) is 0.576. The van der Waals surface area contributed by atoms with Crippen LogP contribution in [0.15, 0.2) is 34.2 Å². The molecule has 3 N–H and O–H groups in total. The van der Waals surface area contributed by atoms with Crippen molar-refractivity contribution in [2.75, 3.05) is 33.3 Å². The fourth-order valence-corrected chi connectivity index (χ4v) is 3.48. The first-order chi connectivity index (χ1) is 11.9. The van der Waals surface area contributed by atoms with Crippen molar-refractivity contribution in [3.8, 4) is 0 Å². The topological polar surface area (TPSA) is 97.0 Å². The standard InChI is InChI=1S/C17H28N4O3S/c1-3-24-15-9-12-21(13-10-15)17(19-2)20-11-8-14-4-6-16(7-5-14)25(18,22)23/h4-7,15H,3,8-13H2,1-2H3,(H,19,20)(H2,18,22,23). The highest BCUT2D eigenvalue weighted by molar-refractivity contribution is 7.89. The van der Waals surface area contributed by atoms with Gasteiger partial charge in [-0.2, -0.15) is 0 Å². The summed E-state index contributed by atoms with van der Waals surface area (Å²) in [6.45, 7) is 5.40. The van der Waals surface area contributed by atoms with E-state index in [0.717, 1.165) is 57.0 Å². The van der Waals surface area contributed by atoms with Crippen molar-refractivity contribution in [3.05, 3.63) is 29.8 Å². The summed E-state index contributed by atoms with van der Waals surface area (Å²) >= 11 is 0. The minimum atomic E-state index is -3.63. The molecule has 0 spiro atoms. The Bertz CT molecular complexity index is 666. The smallest absolute Gasteiger partial charge is 0.238 e.